The van der Waals surface area contributed by atoms with Crippen LogP contribution in [0.1, 0.15) is 39.2 Å². The molecular formula is C13H18N2S. The van der Waals surface area contributed by atoms with Crippen molar-refractivity contribution in [1.82, 2.24) is 0 Å². The van der Waals surface area contributed by atoms with Gasteiger partial charge in [0, 0.05) is 4.90 Å². The van der Waals surface area contributed by atoms with E-state index in [9.17, 15) is 0 Å². The Morgan fingerprint density at radius 3 is 2.62 bits per heavy atom. The summed E-state index contributed by atoms with van der Waals surface area (Å²) in [5.41, 5.74) is 8.32. The van der Waals surface area contributed by atoms with Gasteiger partial charge in [0.05, 0.1) is 10.4 Å². The lowest BCUT2D eigenvalue weighted by molar-refractivity contribution is 0.862. The third kappa shape index (κ3) is 1.96. The first kappa shape index (κ1) is 11.5. The molecule has 0 aromatic heterocycles. The fourth-order valence-electron chi connectivity index (χ4n) is 1.66. The highest BCUT2D eigenvalue weighted by molar-refractivity contribution is 8.01. The molecular weight excluding hydrogens is 216 g/mol. The zero-order chi connectivity index (χ0) is 11.9. The Kier molecular flexibility index (Phi) is 2.74. The van der Waals surface area contributed by atoms with Crippen LogP contribution in [0.2, 0.25) is 0 Å². The average Bonchev–Trinajstić information content (AvgIpc) is 2.18. The third-order valence-electron chi connectivity index (χ3n) is 2.87. The standard InChI is InChI=1S/C13H18N2S/c1-8(2)9-5-6-11-10(7-9)15-12(14)13(3,4)16-11/h5-8H,1-4H3,(H2,14,15). The number of benzene rings is 1. The lowest BCUT2D eigenvalue weighted by atomic mass is 10.0. The Morgan fingerprint density at radius 1 is 1.31 bits per heavy atom. The van der Waals surface area contributed by atoms with Crippen molar-refractivity contribution < 1.29 is 0 Å². The number of rotatable bonds is 1. The van der Waals surface area contributed by atoms with Crippen LogP contribution in [0.5, 0.6) is 0 Å². The van der Waals surface area contributed by atoms with Crippen LogP contribution in [-0.2, 0) is 0 Å². The van der Waals surface area contributed by atoms with Crippen LogP contribution in [0, 0.1) is 0 Å². The van der Waals surface area contributed by atoms with Gasteiger partial charge >= 0.3 is 0 Å². The highest BCUT2D eigenvalue weighted by Gasteiger charge is 2.29. The van der Waals surface area contributed by atoms with E-state index in [1.807, 2.05) is 0 Å². The molecule has 2 nitrogen and oxygen atoms in total. The van der Waals surface area contributed by atoms with E-state index in [2.05, 4.69) is 50.9 Å². The Hall–Kier alpha value is -0.960. The van der Waals surface area contributed by atoms with Crippen molar-refractivity contribution in [3.8, 4) is 0 Å². The van der Waals surface area contributed by atoms with Crippen molar-refractivity contribution in [1.29, 1.82) is 0 Å². The second kappa shape index (κ2) is 3.81. The molecule has 0 fully saturated rings. The molecule has 86 valence electrons. The number of hydrogen-bond donors (Lipinski definition) is 1. The average molecular weight is 234 g/mol. The summed E-state index contributed by atoms with van der Waals surface area (Å²) < 4.78 is -0.0909. The molecule has 0 bridgehead atoms. The number of amidine groups is 1. The van der Waals surface area contributed by atoms with Gasteiger partial charge in [0.25, 0.3) is 0 Å². The topological polar surface area (TPSA) is 38.4 Å². The summed E-state index contributed by atoms with van der Waals surface area (Å²) >= 11 is 1.79. The van der Waals surface area contributed by atoms with Crippen molar-refractivity contribution >= 4 is 23.3 Å². The van der Waals surface area contributed by atoms with Crippen molar-refractivity contribution in [3.63, 3.8) is 0 Å². The van der Waals surface area contributed by atoms with Crippen LogP contribution in [0.3, 0.4) is 0 Å². The van der Waals surface area contributed by atoms with Gasteiger partial charge in [-0.05, 0) is 37.5 Å². The van der Waals surface area contributed by atoms with Gasteiger partial charge in [0.15, 0.2) is 0 Å². The lowest BCUT2D eigenvalue weighted by Crippen LogP contribution is -2.36. The zero-order valence-corrected chi connectivity index (χ0v) is 11.1. The smallest absolute Gasteiger partial charge is 0.116 e. The van der Waals surface area contributed by atoms with Gasteiger partial charge in [0.1, 0.15) is 5.84 Å². The molecule has 0 saturated carbocycles. The van der Waals surface area contributed by atoms with Crippen molar-refractivity contribution in [2.45, 2.75) is 43.3 Å². The molecule has 1 aromatic carbocycles. The predicted octanol–water partition coefficient (Wildman–Crippen LogP) is 3.68. The molecule has 1 aromatic rings. The Balaban J connectivity index is 2.47. The lowest BCUT2D eigenvalue weighted by Gasteiger charge is -2.28. The summed E-state index contributed by atoms with van der Waals surface area (Å²) in [5.74, 6) is 1.24. The molecule has 0 radical (unpaired) electrons. The van der Waals surface area contributed by atoms with E-state index in [1.54, 1.807) is 11.8 Å². The Bertz CT molecular complexity index is 447. The van der Waals surface area contributed by atoms with Gasteiger partial charge < -0.3 is 5.73 Å². The zero-order valence-electron chi connectivity index (χ0n) is 10.2. The van der Waals surface area contributed by atoms with Crippen LogP contribution in [-0.4, -0.2) is 10.6 Å². The van der Waals surface area contributed by atoms with E-state index in [0.29, 0.717) is 11.8 Å². The minimum Gasteiger partial charge on any atom is -0.386 e. The maximum absolute atomic E-state index is 5.98. The summed E-state index contributed by atoms with van der Waals surface area (Å²) in [7, 11) is 0. The summed E-state index contributed by atoms with van der Waals surface area (Å²) in [6, 6.07) is 6.49. The number of nitrogens with zero attached hydrogens (tertiary/aromatic N) is 1. The van der Waals surface area contributed by atoms with Gasteiger partial charge in [-0.2, -0.15) is 0 Å². The SMILES string of the molecule is CC(C)c1ccc2c(c1)N=C(N)C(C)(C)S2. The molecule has 16 heavy (non-hydrogen) atoms. The van der Waals surface area contributed by atoms with E-state index < -0.39 is 0 Å². The van der Waals surface area contributed by atoms with Crippen LogP contribution >= 0.6 is 11.8 Å². The molecule has 1 aliphatic heterocycles. The third-order valence-corrected chi connectivity index (χ3v) is 4.16. The number of thioether (sulfide) groups is 1. The van der Waals surface area contributed by atoms with Crippen LogP contribution < -0.4 is 5.73 Å². The molecule has 1 heterocycles. The summed E-state index contributed by atoms with van der Waals surface area (Å²) in [6.45, 7) is 8.59. The van der Waals surface area contributed by atoms with Crippen molar-refractivity contribution in [2.75, 3.05) is 0 Å². The number of aliphatic imine (C=N–C) groups is 1. The summed E-state index contributed by atoms with van der Waals surface area (Å²) in [4.78, 5) is 5.74. The first-order valence-corrected chi connectivity index (χ1v) is 6.39. The van der Waals surface area contributed by atoms with E-state index in [4.69, 9.17) is 5.73 Å². The van der Waals surface area contributed by atoms with Crippen molar-refractivity contribution in [3.05, 3.63) is 23.8 Å². The quantitative estimate of drug-likeness (QED) is 0.805. The fourth-order valence-corrected chi connectivity index (χ4v) is 2.70. The molecule has 2 rings (SSSR count). The monoisotopic (exact) mass is 234 g/mol. The fraction of sp³-hybridized carbons (Fsp3) is 0.462. The Labute approximate surface area is 101 Å². The van der Waals surface area contributed by atoms with Gasteiger partial charge in [-0.3, -0.25) is 0 Å². The molecule has 0 amide bonds. The molecule has 3 heteroatoms. The van der Waals surface area contributed by atoms with Crippen LogP contribution in [0.25, 0.3) is 0 Å². The summed E-state index contributed by atoms with van der Waals surface area (Å²) in [6.07, 6.45) is 0. The number of fused-ring (bicyclic) bond motifs is 1. The molecule has 0 aliphatic carbocycles. The normalized spacial score (nSPS) is 18.2. The second-order valence-electron chi connectivity index (χ2n) is 4.99. The van der Waals surface area contributed by atoms with E-state index in [-0.39, 0.29) is 4.75 Å². The summed E-state index contributed by atoms with van der Waals surface area (Å²) in [5, 5.41) is 0. The van der Waals surface area contributed by atoms with Crippen LogP contribution in [0.4, 0.5) is 5.69 Å². The number of nitrogens with two attached hydrogens (primary N) is 1. The highest BCUT2D eigenvalue weighted by atomic mass is 32.2. The largest absolute Gasteiger partial charge is 0.386 e. The van der Waals surface area contributed by atoms with E-state index >= 15 is 0 Å². The second-order valence-corrected chi connectivity index (χ2v) is 6.66. The first-order chi connectivity index (χ1) is 7.40. The van der Waals surface area contributed by atoms with Gasteiger partial charge in [-0.25, -0.2) is 4.99 Å². The maximum atomic E-state index is 5.98. The van der Waals surface area contributed by atoms with E-state index in [1.165, 1.54) is 10.5 Å². The predicted molar refractivity (Wildman–Crippen MR) is 71.7 cm³/mol. The molecule has 0 atom stereocenters. The van der Waals surface area contributed by atoms with E-state index in [0.717, 1.165) is 5.69 Å². The van der Waals surface area contributed by atoms with Gasteiger partial charge in [0.2, 0.25) is 0 Å². The minimum absolute atomic E-state index is 0.0909. The minimum atomic E-state index is -0.0909. The Morgan fingerprint density at radius 2 is 2.00 bits per heavy atom. The highest BCUT2D eigenvalue weighted by Crippen LogP contribution is 2.43. The molecule has 0 unspecified atom stereocenters. The van der Waals surface area contributed by atoms with Crippen LogP contribution in [0.15, 0.2) is 28.1 Å². The van der Waals surface area contributed by atoms with Gasteiger partial charge in [-0.15, -0.1) is 11.8 Å². The van der Waals surface area contributed by atoms with Crippen molar-refractivity contribution in [2.24, 2.45) is 10.7 Å². The maximum Gasteiger partial charge on any atom is 0.116 e. The molecule has 0 spiro atoms. The molecule has 1 aliphatic rings. The molecule has 2 N–H and O–H groups in total. The molecule has 0 saturated heterocycles. The first-order valence-electron chi connectivity index (χ1n) is 5.58. The van der Waals surface area contributed by atoms with Gasteiger partial charge in [-0.1, -0.05) is 19.9 Å². The number of hydrogen-bond acceptors (Lipinski definition) is 3.